The van der Waals surface area contributed by atoms with E-state index in [1.807, 2.05) is 13.8 Å². The zero-order valence-corrected chi connectivity index (χ0v) is 8.19. The first-order chi connectivity index (χ1) is 6.16. The van der Waals surface area contributed by atoms with Crippen LogP contribution in [0.1, 0.15) is 13.8 Å². The summed E-state index contributed by atoms with van der Waals surface area (Å²) < 4.78 is 5.18. The smallest absolute Gasteiger partial charge is 0.225 e. The Bertz CT molecular complexity index is 182. The number of nitrogens with zero attached hydrogens (tertiary/aromatic N) is 1. The highest BCUT2D eigenvalue weighted by atomic mass is 16.5. The maximum Gasteiger partial charge on any atom is 0.225 e. The topological polar surface area (TPSA) is 49.8 Å². The van der Waals surface area contributed by atoms with Gasteiger partial charge >= 0.3 is 0 Å². The monoisotopic (exact) mass is 187 g/mol. The molecule has 4 heteroatoms. The van der Waals surface area contributed by atoms with Crippen LogP contribution in [0.4, 0.5) is 0 Å². The zero-order chi connectivity index (χ0) is 9.84. The van der Waals surface area contributed by atoms with Crippen molar-refractivity contribution < 1.29 is 14.6 Å². The van der Waals surface area contributed by atoms with E-state index < -0.39 is 0 Å². The quantitative estimate of drug-likeness (QED) is 0.654. The van der Waals surface area contributed by atoms with Crippen LogP contribution in [-0.2, 0) is 9.53 Å². The first kappa shape index (κ1) is 10.5. The second-order valence-electron chi connectivity index (χ2n) is 3.60. The standard InChI is InChI=1S/C9H17NO3/c1-7(2)9(12)10-3-4-13-6-8(10)5-11/h7-8,11H,3-6H2,1-2H3. The summed E-state index contributed by atoms with van der Waals surface area (Å²) in [6.45, 7) is 5.35. The molecule has 0 aliphatic carbocycles. The van der Waals surface area contributed by atoms with Crippen LogP contribution in [0.3, 0.4) is 0 Å². The van der Waals surface area contributed by atoms with Gasteiger partial charge in [0.25, 0.3) is 0 Å². The van der Waals surface area contributed by atoms with Crippen molar-refractivity contribution in [2.75, 3.05) is 26.4 Å². The Morgan fingerprint density at radius 2 is 2.38 bits per heavy atom. The fraction of sp³-hybridized carbons (Fsp3) is 0.889. The molecule has 13 heavy (non-hydrogen) atoms. The molecule has 1 fully saturated rings. The molecule has 0 bridgehead atoms. The van der Waals surface area contributed by atoms with Gasteiger partial charge in [-0.1, -0.05) is 13.8 Å². The predicted molar refractivity (Wildman–Crippen MR) is 48.2 cm³/mol. The predicted octanol–water partition coefficient (Wildman–Crippen LogP) is -0.138. The molecule has 0 radical (unpaired) electrons. The number of morpholine rings is 1. The summed E-state index contributed by atoms with van der Waals surface area (Å²) in [6, 6.07) is -0.149. The van der Waals surface area contributed by atoms with Gasteiger partial charge in [-0.3, -0.25) is 4.79 Å². The van der Waals surface area contributed by atoms with E-state index in [0.717, 1.165) is 0 Å². The van der Waals surface area contributed by atoms with E-state index in [1.54, 1.807) is 4.90 Å². The van der Waals surface area contributed by atoms with E-state index in [-0.39, 0.29) is 24.5 Å². The molecule has 1 heterocycles. The lowest BCUT2D eigenvalue weighted by Gasteiger charge is -2.35. The van der Waals surface area contributed by atoms with Gasteiger partial charge in [-0.05, 0) is 0 Å². The Hall–Kier alpha value is -0.610. The summed E-state index contributed by atoms with van der Waals surface area (Å²) in [4.78, 5) is 13.3. The van der Waals surface area contributed by atoms with Crippen LogP contribution in [0.2, 0.25) is 0 Å². The number of rotatable bonds is 2. The van der Waals surface area contributed by atoms with Crippen molar-refractivity contribution in [2.24, 2.45) is 5.92 Å². The molecule has 1 amide bonds. The van der Waals surface area contributed by atoms with Crippen LogP contribution in [-0.4, -0.2) is 48.3 Å². The van der Waals surface area contributed by atoms with Crippen molar-refractivity contribution in [3.8, 4) is 0 Å². The van der Waals surface area contributed by atoms with Gasteiger partial charge in [0.1, 0.15) is 0 Å². The maximum absolute atomic E-state index is 11.6. The lowest BCUT2D eigenvalue weighted by Crippen LogP contribution is -2.51. The molecule has 1 unspecified atom stereocenters. The van der Waals surface area contributed by atoms with Crippen LogP contribution >= 0.6 is 0 Å². The first-order valence-electron chi connectivity index (χ1n) is 4.66. The third-order valence-electron chi connectivity index (χ3n) is 2.22. The molecule has 0 spiro atoms. The summed E-state index contributed by atoms with van der Waals surface area (Å²) in [5, 5.41) is 9.02. The van der Waals surface area contributed by atoms with Crippen LogP contribution in [0.5, 0.6) is 0 Å². The van der Waals surface area contributed by atoms with Crippen molar-refractivity contribution in [3.05, 3.63) is 0 Å². The van der Waals surface area contributed by atoms with Crippen molar-refractivity contribution in [2.45, 2.75) is 19.9 Å². The molecule has 1 rings (SSSR count). The SMILES string of the molecule is CC(C)C(=O)N1CCOCC1CO. The number of aliphatic hydroxyl groups excluding tert-OH is 1. The summed E-state index contributed by atoms with van der Waals surface area (Å²) in [5.74, 6) is 0.0921. The molecule has 0 saturated carbocycles. The molecule has 0 aromatic rings. The number of hydrogen-bond acceptors (Lipinski definition) is 3. The normalized spacial score (nSPS) is 23.7. The van der Waals surface area contributed by atoms with E-state index >= 15 is 0 Å². The molecular weight excluding hydrogens is 170 g/mol. The number of amides is 1. The van der Waals surface area contributed by atoms with Gasteiger partial charge < -0.3 is 14.7 Å². The average molecular weight is 187 g/mol. The van der Waals surface area contributed by atoms with Gasteiger partial charge in [0.15, 0.2) is 0 Å². The lowest BCUT2D eigenvalue weighted by atomic mass is 10.1. The Balaban J connectivity index is 2.58. The Labute approximate surface area is 78.5 Å². The van der Waals surface area contributed by atoms with Crippen molar-refractivity contribution in [1.29, 1.82) is 0 Å². The minimum atomic E-state index is -0.149. The lowest BCUT2D eigenvalue weighted by molar-refractivity contribution is -0.144. The molecule has 0 aromatic heterocycles. The fourth-order valence-electron chi connectivity index (χ4n) is 1.43. The number of carbonyl (C=O) groups is 1. The molecule has 0 aromatic carbocycles. The van der Waals surface area contributed by atoms with Crippen LogP contribution in [0, 0.1) is 5.92 Å². The fourth-order valence-corrected chi connectivity index (χ4v) is 1.43. The molecule has 1 aliphatic heterocycles. The highest BCUT2D eigenvalue weighted by Gasteiger charge is 2.27. The summed E-state index contributed by atoms with van der Waals surface area (Å²) >= 11 is 0. The third-order valence-corrected chi connectivity index (χ3v) is 2.22. The van der Waals surface area contributed by atoms with Gasteiger partial charge in [0.05, 0.1) is 25.9 Å². The molecule has 1 atom stereocenters. The molecule has 4 nitrogen and oxygen atoms in total. The largest absolute Gasteiger partial charge is 0.394 e. The summed E-state index contributed by atoms with van der Waals surface area (Å²) in [6.07, 6.45) is 0. The van der Waals surface area contributed by atoms with Crippen molar-refractivity contribution in [1.82, 2.24) is 4.90 Å². The third kappa shape index (κ3) is 2.42. The highest BCUT2D eigenvalue weighted by Crippen LogP contribution is 2.10. The molecule has 1 N–H and O–H groups in total. The molecule has 1 saturated heterocycles. The van der Waals surface area contributed by atoms with E-state index in [2.05, 4.69) is 0 Å². The molecule has 76 valence electrons. The Kier molecular flexibility index (Phi) is 3.69. The van der Waals surface area contributed by atoms with E-state index in [1.165, 1.54) is 0 Å². The van der Waals surface area contributed by atoms with Gasteiger partial charge in [-0.2, -0.15) is 0 Å². The van der Waals surface area contributed by atoms with Crippen LogP contribution in [0.25, 0.3) is 0 Å². The number of ether oxygens (including phenoxy) is 1. The number of hydrogen-bond donors (Lipinski definition) is 1. The number of carbonyl (C=O) groups excluding carboxylic acids is 1. The second kappa shape index (κ2) is 4.58. The highest BCUT2D eigenvalue weighted by molar-refractivity contribution is 5.78. The Morgan fingerprint density at radius 3 is 2.92 bits per heavy atom. The first-order valence-corrected chi connectivity index (χ1v) is 4.66. The zero-order valence-electron chi connectivity index (χ0n) is 8.19. The molecule has 1 aliphatic rings. The van der Waals surface area contributed by atoms with Gasteiger partial charge in [0, 0.05) is 12.5 Å². The van der Waals surface area contributed by atoms with Gasteiger partial charge in [-0.25, -0.2) is 0 Å². The molecular formula is C9H17NO3. The van der Waals surface area contributed by atoms with E-state index in [0.29, 0.717) is 19.8 Å². The van der Waals surface area contributed by atoms with E-state index in [4.69, 9.17) is 9.84 Å². The van der Waals surface area contributed by atoms with Gasteiger partial charge in [-0.15, -0.1) is 0 Å². The van der Waals surface area contributed by atoms with Crippen molar-refractivity contribution >= 4 is 5.91 Å². The maximum atomic E-state index is 11.6. The average Bonchev–Trinajstić information content (AvgIpc) is 2.16. The number of aliphatic hydroxyl groups is 1. The van der Waals surface area contributed by atoms with Crippen LogP contribution < -0.4 is 0 Å². The van der Waals surface area contributed by atoms with Crippen LogP contribution in [0.15, 0.2) is 0 Å². The minimum absolute atomic E-state index is 0.00727. The minimum Gasteiger partial charge on any atom is -0.394 e. The summed E-state index contributed by atoms with van der Waals surface area (Å²) in [7, 11) is 0. The van der Waals surface area contributed by atoms with Gasteiger partial charge in [0.2, 0.25) is 5.91 Å². The summed E-state index contributed by atoms with van der Waals surface area (Å²) in [5.41, 5.74) is 0. The van der Waals surface area contributed by atoms with Crippen molar-refractivity contribution in [3.63, 3.8) is 0 Å². The second-order valence-corrected chi connectivity index (χ2v) is 3.60. The van der Waals surface area contributed by atoms with E-state index in [9.17, 15) is 4.79 Å². The Morgan fingerprint density at radius 1 is 1.69 bits per heavy atom.